The van der Waals surface area contributed by atoms with Crippen LogP contribution in [0.15, 0.2) is 0 Å². The van der Waals surface area contributed by atoms with E-state index in [2.05, 4.69) is 15.3 Å². The van der Waals surface area contributed by atoms with E-state index in [0.29, 0.717) is 0 Å². The Morgan fingerprint density at radius 3 is 1.90 bits per heavy atom. The molecule has 0 atom stereocenters. The molecule has 58 valence electrons. The molecule has 2 aliphatic heterocycles. The number of hydrogen-bond acceptors (Lipinski definition) is 3. The molecule has 0 saturated carbocycles. The van der Waals surface area contributed by atoms with Crippen molar-refractivity contribution in [2.45, 2.75) is 6.42 Å². The number of nitrogens with one attached hydrogen (secondary N) is 1. The number of hydrogen-bond donors (Lipinski definition) is 1. The highest BCUT2D eigenvalue weighted by Crippen LogP contribution is 2.10. The summed E-state index contributed by atoms with van der Waals surface area (Å²) in [6.07, 6.45) is 1.39. The largest absolute Gasteiger partial charge is 0.314 e. The van der Waals surface area contributed by atoms with Gasteiger partial charge in [0.2, 0.25) is 0 Å². The molecule has 2 rings (SSSR count). The minimum atomic E-state index is 1.16. The van der Waals surface area contributed by atoms with Crippen LogP contribution in [-0.4, -0.2) is 49.3 Å². The summed E-state index contributed by atoms with van der Waals surface area (Å²) in [6, 6.07) is 0. The normalized spacial score (nSPS) is 30.0. The average molecular weight is 141 g/mol. The van der Waals surface area contributed by atoms with Crippen LogP contribution in [-0.2, 0) is 0 Å². The van der Waals surface area contributed by atoms with Gasteiger partial charge in [0.1, 0.15) is 0 Å². The quantitative estimate of drug-likeness (QED) is 0.532. The van der Waals surface area contributed by atoms with Gasteiger partial charge in [-0.05, 0) is 6.42 Å². The zero-order chi connectivity index (χ0) is 6.81. The fraction of sp³-hybridized carbons (Fsp3) is 1.00. The Bertz CT molecular complexity index is 105. The van der Waals surface area contributed by atoms with Gasteiger partial charge < -0.3 is 5.32 Å². The van der Waals surface area contributed by atoms with Gasteiger partial charge in [-0.15, -0.1) is 0 Å². The smallest absolute Gasteiger partial charge is 0.0259 e. The zero-order valence-electron chi connectivity index (χ0n) is 6.34. The van der Waals surface area contributed by atoms with E-state index in [0.717, 1.165) is 13.1 Å². The van der Waals surface area contributed by atoms with E-state index in [9.17, 15) is 0 Å². The van der Waals surface area contributed by atoms with Gasteiger partial charge in [-0.3, -0.25) is 0 Å². The Kier molecular flexibility index (Phi) is 1.88. The molecule has 0 bridgehead atoms. The fourth-order valence-electron chi connectivity index (χ4n) is 1.52. The van der Waals surface area contributed by atoms with E-state index in [1.165, 1.54) is 32.6 Å². The average Bonchev–Trinajstić information content (AvgIpc) is 1.86. The van der Waals surface area contributed by atoms with Crippen LogP contribution in [0.25, 0.3) is 0 Å². The molecule has 0 aliphatic carbocycles. The van der Waals surface area contributed by atoms with E-state index in [1.807, 2.05) is 0 Å². The maximum absolute atomic E-state index is 3.35. The van der Waals surface area contributed by atoms with Gasteiger partial charge in [0.15, 0.2) is 0 Å². The second kappa shape index (κ2) is 2.86. The molecule has 2 aliphatic rings. The molecule has 2 fully saturated rings. The minimum absolute atomic E-state index is 1.16. The number of nitrogens with zero attached hydrogens (tertiary/aromatic N) is 2. The monoisotopic (exact) mass is 141 g/mol. The van der Waals surface area contributed by atoms with E-state index in [-0.39, 0.29) is 0 Å². The highest BCUT2D eigenvalue weighted by molar-refractivity contribution is 4.71. The molecule has 1 N–H and O–H groups in total. The van der Waals surface area contributed by atoms with Crippen molar-refractivity contribution in [2.24, 2.45) is 0 Å². The highest BCUT2D eigenvalue weighted by atomic mass is 15.6. The lowest BCUT2D eigenvalue weighted by Crippen LogP contribution is -2.56. The van der Waals surface area contributed by atoms with E-state index < -0.39 is 0 Å². The van der Waals surface area contributed by atoms with Crippen LogP contribution in [0.4, 0.5) is 0 Å². The topological polar surface area (TPSA) is 18.5 Å². The third-order valence-corrected chi connectivity index (χ3v) is 2.33. The van der Waals surface area contributed by atoms with Gasteiger partial charge >= 0.3 is 0 Å². The summed E-state index contributed by atoms with van der Waals surface area (Å²) in [5.41, 5.74) is 0. The van der Waals surface area contributed by atoms with Crippen LogP contribution in [0, 0.1) is 0 Å². The molecule has 3 heteroatoms. The van der Waals surface area contributed by atoms with Crippen molar-refractivity contribution in [1.82, 2.24) is 15.3 Å². The summed E-state index contributed by atoms with van der Waals surface area (Å²) in [6.45, 7) is 7.33. The van der Waals surface area contributed by atoms with Crippen LogP contribution in [0.1, 0.15) is 6.42 Å². The molecule has 3 nitrogen and oxygen atoms in total. The lowest BCUT2D eigenvalue weighted by atomic mass is 10.2. The van der Waals surface area contributed by atoms with Crippen LogP contribution in [0.5, 0.6) is 0 Å². The molecule has 0 radical (unpaired) electrons. The lowest BCUT2D eigenvalue weighted by molar-refractivity contribution is -0.0784. The summed E-state index contributed by atoms with van der Waals surface area (Å²) >= 11 is 0. The van der Waals surface area contributed by atoms with Crippen molar-refractivity contribution in [3.63, 3.8) is 0 Å². The summed E-state index contributed by atoms with van der Waals surface area (Å²) in [5.74, 6) is 0. The van der Waals surface area contributed by atoms with Crippen LogP contribution in [0.3, 0.4) is 0 Å². The Labute approximate surface area is 62.0 Å². The lowest BCUT2D eigenvalue weighted by Gasteiger charge is -2.42. The maximum Gasteiger partial charge on any atom is 0.0259 e. The molecule has 0 spiro atoms. The summed E-state index contributed by atoms with van der Waals surface area (Å²) < 4.78 is 0. The Balaban J connectivity index is 1.78. The molecule has 0 aromatic rings. The predicted octanol–water partition coefficient (Wildman–Crippen LogP) is -0.488. The van der Waals surface area contributed by atoms with Gasteiger partial charge in [-0.1, -0.05) is 0 Å². The molecular formula is C7H15N3. The summed E-state index contributed by atoms with van der Waals surface area (Å²) in [4.78, 5) is 0. The van der Waals surface area contributed by atoms with Gasteiger partial charge in [-0.25, -0.2) is 10.0 Å². The number of piperazine rings is 1. The third kappa shape index (κ3) is 1.17. The van der Waals surface area contributed by atoms with E-state index >= 15 is 0 Å². The Morgan fingerprint density at radius 1 is 0.800 bits per heavy atom. The van der Waals surface area contributed by atoms with Crippen LogP contribution in [0.2, 0.25) is 0 Å². The first-order chi connectivity index (χ1) is 4.97. The van der Waals surface area contributed by atoms with Crippen molar-refractivity contribution >= 4 is 0 Å². The first-order valence-electron chi connectivity index (χ1n) is 4.17. The first-order valence-corrected chi connectivity index (χ1v) is 4.17. The van der Waals surface area contributed by atoms with Crippen molar-refractivity contribution < 1.29 is 0 Å². The molecule has 0 aromatic carbocycles. The highest BCUT2D eigenvalue weighted by Gasteiger charge is 2.22. The Morgan fingerprint density at radius 2 is 1.40 bits per heavy atom. The molecule has 10 heavy (non-hydrogen) atoms. The zero-order valence-corrected chi connectivity index (χ0v) is 6.34. The molecule has 0 amide bonds. The second-order valence-electron chi connectivity index (χ2n) is 3.01. The first kappa shape index (κ1) is 6.58. The van der Waals surface area contributed by atoms with E-state index in [4.69, 9.17) is 0 Å². The third-order valence-electron chi connectivity index (χ3n) is 2.33. The maximum atomic E-state index is 3.35. The minimum Gasteiger partial charge on any atom is -0.314 e. The standard InChI is InChI=1S/C7H15N3/c1-4-9(5-1)10-6-2-8-3-7-10/h8H,1-7H2. The van der Waals surface area contributed by atoms with Crippen molar-refractivity contribution in [2.75, 3.05) is 39.3 Å². The fourth-order valence-corrected chi connectivity index (χ4v) is 1.52. The SMILES string of the molecule is C1CN(N2CCNCC2)C1. The van der Waals surface area contributed by atoms with Crippen molar-refractivity contribution in [1.29, 1.82) is 0 Å². The second-order valence-corrected chi connectivity index (χ2v) is 3.01. The van der Waals surface area contributed by atoms with Gasteiger partial charge in [0.05, 0.1) is 0 Å². The Hall–Kier alpha value is -0.120. The van der Waals surface area contributed by atoms with Crippen molar-refractivity contribution in [3.8, 4) is 0 Å². The van der Waals surface area contributed by atoms with Gasteiger partial charge in [-0.2, -0.15) is 0 Å². The van der Waals surface area contributed by atoms with Gasteiger partial charge in [0, 0.05) is 39.3 Å². The predicted molar refractivity (Wildman–Crippen MR) is 40.6 cm³/mol. The molecule has 2 saturated heterocycles. The number of hydrazine groups is 1. The molecular weight excluding hydrogens is 126 g/mol. The van der Waals surface area contributed by atoms with Crippen LogP contribution < -0.4 is 5.32 Å². The molecule has 0 aromatic heterocycles. The van der Waals surface area contributed by atoms with Crippen molar-refractivity contribution in [3.05, 3.63) is 0 Å². The summed E-state index contributed by atoms with van der Waals surface area (Å²) in [7, 11) is 0. The summed E-state index contributed by atoms with van der Waals surface area (Å²) in [5, 5.41) is 8.28. The van der Waals surface area contributed by atoms with Gasteiger partial charge in [0.25, 0.3) is 0 Å². The molecule has 0 unspecified atom stereocenters. The number of rotatable bonds is 1. The van der Waals surface area contributed by atoms with Crippen LogP contribution >= 0.6 is 0 Å². The molecule has 2 heterocycles. The van der Waals surface area contributed by atoms with E-state index in [1.54, 1.807) is 0 Å².